The van der Waals surface area contributed by atoms with Crippen molar-refractivity contribution in [3.05, 3.63) is 114 Å². The highest BCUT2D eigenvalue weighted by Gasteiger charge is 2.29. The van der Waals surface area contributed by atoms with Crippen molar-refractivity contribution in [1.29, 1.82) is 0 Å². The van der Waals surface area contributed by atoms with Gasteiger partial charge in [0.1, 0.15) is 0 Å². The predicted molar refractivity (Wildman–Crippen MR) is 100 cm³/mol. The van der Waals surface area contributed by atoms with Gasteiger partial charge in [0.15, 0.2) is 0 Å². The van der Waals surface area contributed by atoms with Gasteiger partial charge in [0.05, 0.1) is 6.04 Å². The van der Waals surface area contributed by atoms with Gasteiger partial charge in [-0.05, 0) is 22.3 Å². The fraction of sp³-hybridized carbons (Fsp3) is 0.130. The molecule has 4 rings (SSSR count). The number of nitrogens with zero attached hydrogens (tertiary/aromatic N) is 1. The molecule has 1 unspecified atom stereocenters. The highest BCUT2D eigenvalue weighted by Crippen LogP contribution is 2.40. The van der Waals surface area contributed by atoms with Crippen molar-refractivity contribution in [2.75, 3.05) is 6.54 Å². The lowest BCUT2D eigenvalue weighted by Crippen LogP contribution is -2.24. The Bertz CT molecular complexity index is 806. The molecule has 0 N–H and O–H groups in total. The first-order valence-corrected chi connectivity index (χ1v) is 8.50. The minimum atomic E-state index is 0.314. The fourth-order valence-electron chi connectivity index (χ4n) is 3.54. The maximum absolute atomic E-state index is 2.55. The molecular formula is C23H21N. The standard InChI is InChI=1S/C23H21N/c1-4-10-19(11-5-1)18-24-17-16-22(20-12-6-2-7-13-20)23(24)21-14-8-3-9-15-21/h1-16,23H,17-18H2. The lowest BCUT2D eigenvalue weighted by molar-refractivity contribution is 0.271. The van der Waals surface area contributed by atoms with Crippen LogP contribution in [0.25, 0.3) is 5.57 Å². The van der Waals surface area contributed by atoms with Crippen molar-refractivity contribution in [2.45, 2.75) is 12.6 Å². The average molecular weight is 311 g/mol. The van der Waals surface area contributed by atoms with Gasteiger partial charge in [0.2, 0.25) is 0 Å². The van der Waals surface area contributed by atoms with Gasteiger partial charge in [-0.2, -0.15) is 0 Å². The molecule has 0 saturated heterocycles. The van der Waals surface area contributed by atoms with E-state index in [0.29, 0.717) is 6.04 Å². The van der Waals surface area contributed by atoms with Crippen LogP contribution in [0.1, 0.15) is 22.7 Å². The van der Waals surface area contributed by atoms with Crippen LogP contribution in [-0.4, -0.2) is 11.4 Å². The van der Waals surface area contributed by atoms with E-state index in [1.165, 1.54) is 22.3 Å². The second-order valence-corrected chi connectivity index (χ2v) is 6.25. The molecule has 0 amide bonds. The molecule has 3 aromatic rings. The topological polar surface area (TPSA) is 3.24 Å². The molecular weight excluding hydrogens is 290 g/mol. The largest absolute Gasteiger partial charge is 0.284 e. The molecule has 3 aromatic carbocycles. The molecule has 0 aliphatic carbocycles. The van der Waals surface area contributed by atoms with E-state index >= 15 is 0 Å². The molecule has 1 heterocycles. The normalized spacial score (nSPS) is 17.7. The van der Waals surface area contributed by atoms with Crippen molar-refractivity contribution in [1.82, 2.24) is 4.90 Å². The van der Waals surface area contributed by atoms with Crippen LogP contribution >= 0.6 is 0 Å². The Morgan fingerprint density at radius 3 is 1.96 bits per heavy atom. The van der Waals surface area contributed by atoms with Gasteiger partial charge in [-0.25, -0.2) is 0 Å². The molecule has 1 nitrogen and oxygen atoms in total. The van der Waals surface area contributed by atoms with E-state index < -0.39 is 0 Å². The molecule has 118 valence electrons. The Labute approximate surface area is 143 Å². The van der Waals surface area contributed by atoms with Crippen LogP contribution in [-0.2, 0) is 6.54 Å². The third-order valence-electron chi connectivity index (χ3n) is 4.66. The van der Waals surface area contributed by atoms with Crippen LogP contribution in [0.5, 0.6) is 0 Å². The lowest BCUT2D eigenvalue weighted by atomic mass is 9.94. The van der Waals surface area contributed by atoms with Crippen molar-refractivity contribution in [3.63, 3.8) is 0 Å². The molecule has 0 fully saturated rings. The number of hydrogen-bond acceptors (Lipinski definition) is 1. The summed E-state index contributed by atoms with van der Waals surface area (Å²) in [5, 5.41) is 0. The lowest BCUT2D eigenvalue weighted by Gasteiger charge is -2.28. The van der Waals surface area contributed by atoms with Crippen LogP contribution in [0.4, 0.5) is 0 Å². The molecule has 1 heteroatoms. The van der Waals surface area contributed by atoms with Crippen LogP contribution in [0, 0.1) is 0 Å². The Morgan fingerprint density at radius 1 is 0.708 bits per heavy atom. The second kappa shape index (κ2) is 6.86. The summed E-state index contributed by atoms with van der Waals surface area (Å²) in [7, 11) is 0. The van der Waals surface area contributed by atoms with Crippen molar-refractivity contribution >= 4 is 5.57 Å². The molecule has 0 saturated carbocycles. The summed E-state index contributed by atoms with van der Waals surface area (Å²) in [4.78, 5) is 2.55. The molecule has 1 atom stereocenters. The first-order chi connectivity index (χ1) is 11.9. The number of hydrogen-bond donors (Lipinski definition) is 0. The zero-order valence-electron chi connectivity index (χ0n) is 13.7. The van der Waals surface area contributed by atoms with Gasteiger partial charge in [0, 0.05) is 13.1 Å². The van der Waals surface area contributed by atoms with E-state index in [4.69, 9.17) is 0 Å². The highest BCUT2D eigenvalue weighted by molar-refractivity contribution is 5.73. The Hall–Kier alpha value is -2.64. The monoisotopic (exact) mass is 311 g/mol. The molecule has 24 heavy (non-hydrogen) atoms. The predicted octanol–water partition coefficient (Wildman–Crippen LogP) is 5.33. The summed E-state index contributed by atoms with van der Waals surface area (Å²) < 4.78 is 0. The minimum absolute atomic E-state index is 0.314. The van der Waals surface area contributed by atoms with E-state index in [9.17, 15) is 0 Å². The summed E-state index contributed by atoms with van der Waals surface area (Å²) in [5.74, 6) is 0. The summed E-state index contributed by atoms with van der Waals surface area (Å²) in [6.45, 7) is 1.95. The van der Waals surface area contributed by atoms with Gasteiger partial charge < -0.3 is 0 Å². The SMILES string of the molecule is C1=C(c2ccccc2)C(c2ccccc2)N(Cc2ccccc2)C1. The maximum atomic E-state index is 2.55. The Balaban J connectivity index is 1.68. The third-order valence-corrected chi connectivity index (χ3v) is 4.66. The van der Waals surface area contributed by atoms with E-state index in [0.717, 1.165) is 13.1 Å². The van der Waals surface area contributed by atoms with Gasteiger partial charge in [0.25, 0.3) is 0 Å². The summed E-state index contributed by atoms with van der Waals surface area (Å²) in [6, 6.07) is 32.7. The van der Waals surface area contributed by atoms with Crippen LogP contribution in [0.2, 0.25) is 0 Å². The zero-order valence-corrected chi connectivity index (χ0v) is 13.7. The van der Waals surface area contributed by atoms with E-state index in [1.807, 2.05) is 0 Å². The van der Waals surface area contributed by atoms with Crippen molar-refractivity contribution in [2.24, 2.45) is 0 Å². The number of benzene rings is 3. The second-order valence-electron chi connectivity index (χ2n) is 6.25. The van der Waals surface area contributed by atoms with Crippen molar-refractivity contribution < 1.29 is 0 Å². The molecule has 1 aliphatic heterocycles. The summed E-state index contributed by atoms with van der Waals surface area (Å²) in [6.07, 6.45) is 2.38. The van der Waals surface area contributed by atoms with Crippen molar-refractivity contribution in [3.8, 4) is 0 Å². The molecule has 0 radical (unpaired) electrons. The third kappa shape index (κ3) is 3.04. The van der Waals surface area contributed by atoms with Gasteiger partial charge in [-0.1, -0.05) is 97.1 Å². The van der Waals surface area contributed by atoms with Crippen LogP contribution < -0.4 is 0 Å². The minimum Gasteiger partial charge on any atom is -0.284 e. The molecule has 1 aliphatic rings. The Morgan fingerprint density at radius 2 is 1.29 bits per heavy atom. The molecule has 0 aromatic heterocycles. The number of rotatable bonds is 4. The Kier molecular flexibility index (Phi) is 4.26. The van der Waals surface area contributed by atoms with E-state index in [-0.39, 0.29) is 0 Å². The molecule has 0 spiro atoms. The van der Waals surface area contributed by atoms with E-state index in [2.05, 4.69) is 102 Å². The zero-order chi connectivity index (χ0) is 16.2. The van der Waals surface area contributed by atoms with Crippen LogP contribution in [0.15, 0.2) is 97.1 Å². The van der Waals surface area contributed by atoms with Crippen LogP contribution in [0.3, 0.4) is 0 Å². The first kappa shape index (κ1) is 14.9. The average Bonchev–Trinajstić information content (AvgIpc) is 3.07. The van der Waals surface area contributed by atoms with Gasteiger partial charge in [-0.3, -0.25) is 4.90 Å². The van der Waals surface area contributed by atoms with Gasteiger partial charge >= 0.3 is 0 Å². The van der Waals surface area contributed by atoms with E-state index in [1.54, 1.807) is 0 Å². The maximum Gasteiger partial charge on any atom is 0.0610 e. The molecule has 0 bridgehead atoms. The smallest absolute Gasteiger partial charge is 0.0610 e. The van der Waals surface area contributed by atoms with Gasteiger partial charge in [-0.15, -0.1) is 0 Å². The quantitative estimate of drug-likeness (QED) is 0.629. The summed E-state index contributed by atoms with van der Waals surface area (Å²) >= 11 is 0. The first-order valence-electron chi connectivity index (χ1n) is 8.50. The highest BCUT2D eigenvalue weighted by atomic mass is 15.2. The fourth-order valence-corrected chi connectivity index (χ4v) is 3.54. The summed E-state index contributed by atoms with van der Waals surface area (Å²) in [5.41, 5.74) is 5.46.